The van der Waals surface area contributed by atoms with Gasteiger partial charge in [-0.3, -0.25) is 4.79 Å². The minimum atomic E-state index is -0.337. The molecule has 1 atom stereocenters. The smallest absolute Gasteiger partial charge is 0.253 e. The highest BCUT2D eigenvalue weighted by atomic mass is 16.5. The van der Waals surface area contributed by atoms with Crippen molar-refractivity contribution in [2.75, 3.05) is 17.2 Å². The van der Waals surface area contributed by atoms with E-state index >= 15 is 0 Å². The van der Waals surface area contributed by atoms with Gasteiger partial charge in [0.2, 0.25) is 0 Å². The molecule has 4 rings (SSSR count). The molecule has 26 heavy (non-hydrogen) atoms. The normalized spacial score (nSPS) is 16.4. The molecular formula is C18H18N6O2. The number of ether oxygens (including phenoxy) is 1. The summed E-state index contributed by atoms with van der Waals surface area (Å²) in [7, 11) is 0. The van der Waals surface area contributed by atoms with Gasteiger partial charge in [0.15, 0.2) is 11.6 Å². The standard InChI is InChI=1S/C18H18N6O2/c25-18(15-3-1-12-26-15)21-14-6-4-13(5-7-14)20-16-8-9-17(23-22-16)24-11-2-10-19-24/h2,4-11,15H,1,3,12H2,(H,20,22)(H,21,25). The summed E-state index contributed by atoms with van der Waals surface area (Å²) in [5.74, 6) is 1.17. The molecule has 1 unspecified atom stereocenters. The van der Waals surface area contributed by atoms with Crippen LogP contribution in [-0.4, -0.2) is 38.6 Å². The number of aromatic nitrogens is 4. The van der Waals surface area contributed by atoms with E-state index in [-0.39, 0.29) is 12.0 Å². The van der Waals surface area contributed by atoms with E-state index in [9.17, 15) is 4.79 Å². The van der Waals surface area contributed by atoms with Crippen LogP contribution in [0.3, 0.4) is 0 Å². The van der Waals surface area contributed by atoms with Crippen molar-refractivity contribution in [3.63, 3.8) is 0 Å². The second-order valence-electron chi connectivity index (χ2n) is 5.92. The molecule has 0 radical (unpaired) electrons. The fraction of sp³-hybridized carbons (Fsp3) is 0.222. The maximum Gasteiger partial charge on any atom is 0.253 e. The average molecular weight is 350 g/mol. The van der Waals surface area contributed by atoms with Crippen molar-refractivity contribution in [2.45, 2.75) is 18.9 Å². The Hall–Kier alpha value is -3.26. The largest absolute Gasteiger partial charge is 0.368 e. The van der Waals surface area contributed by atoms with Crippen LogP contribution in [-0.2, 0) is 9.53 Å². The zero-order valence-corrected chi connectivity index (χ0v) is 14.0. The van der Waals surface area contributed by atoms with E-state index in [4.69, 9.17) is 4.74 Å². The van der Waals surface area contributed by atoms with E-state index in [1.165, 1.54) is 0 Å². The van der Waals surface area contributed by atoms with Gasteiger partial charge in [-0.15, -0.1) is 10.2 Å². The van der Waals surface area contributed by atoms with Crippen LogP contribution in [0, 0.1) is 0 Å². The molecule has 1 aliphatic rings. The van der Waals surface area contributed by atoms with Gasteiger partial charge in [0.25, 0.3) is 5.91 Å². The van der Waals surface area contributed by atoms with Crippen molar-refractivity contribution in [2.24, 2.45) is 0 Å². The Labute approximate surface area is 150 Å². The number of amides is 1. The molecule has 1 saturated heterocycles. The van der Waals surface area contributed by atoms with Crippen molar-refractivity contribution in [1.29, 1.82) is 0 Å². The Balaban J connectivity index is 1.37. The zero-order valence-electron chi connectivity index (χ0n) is 14.0. The van der Waals surface area contributed by atoms with Gasteiger partial charge in [-0.2, -0.15) is 5.10 Å². The van der Waals surface area contributed by atoms with Crippen LogP contribution in [0.2, 0.25) is 0 Å². The van der Waals surface area contributed by atoms with E-state index < -0.39 is 0 Å². The van der Waals surface area contributed by atoms with Crippen LogP contribution >= 0.6 is 0 Å². The Kier molecular flexibility index (Phi) is 4.57. The summed E-state index contributed by atoms with van der Waals surface area (Å²) in [6.45, 7) is 0.654. The number of anilines is 3. The van der Waals surface area contributed by atoms with Crippen molar-refractivity contribution in [3.05, 3.63) is 54.9 Å². The van der Waals surface area contributed by atoms with Crippen LogP contribution in [0.25, 0.3) is 5.82 Å². The molecule has 2 N–H and O–H groups in total. The molecule has 3 heterocycles. The summed E-state index contributed by atoms with van der Waals surface area (Å²) in [6, 6.07) is 12.9. The lowest BCUT2D eigenvalue weighted by atomic mass is 10.2. The zero-order chi connectivity index (χ0) is 17.8. The number of nitrogens with one attached hydrogen (secondary N) is 2. The second kappa shape index (κ2) is 7.32. The SMILES string of the molecule is O=C(Nc1ccc(Nc2ccc(-n3cccn3)nn2)cc1)C1CCCO1. The van der Waals surface area contributed by atoms with Gasteiger partial charge in [0.1, 0.15) is 6.10 Å². The van der Waals surface area contributed by atoms with E-state index in [1.807, 2.05) is 42.5 Å². The Morgan fingerprint density at radius 2 is 1.96 bits per heavy atom. The third-order valence-corrected chi connectivity index (χ3v) is 4.04. The van der Waals surface area contributed by atoms with Crippen LogP contribution < -0.4 is 10.6 Å². The topological polar surface area (TPSA) is 94.0 Å². The summed E-state index contributed by atoms with van der Waals surface area (Å²) >= 11 is 0. The van der Waals surface area contributed by atoms with Crippen LogP contribution in [0.4, 0.5) is 17.2 Å². The lowest BCUT2D eigenvalue weighted by Crippen LogP contribution is -2.26. The van der Waals surface area contributed by atoms with Crippen molar-refractivity contribution in [1.82, 2.24) is 20.0 Å². The molecule has 0 aliphatic carbocycles. The van der Waals surface area contributed by atoms with Crippen molar-refractivity contribution < 1.29 is 9.53 Å². The third kappa shape index (κ3) is 3.70. The molecule has 0 bridgehead atoms. The van der Waals surface area contributed by atoms with Gasteiger partial charge in [-0.25, -0.2) is 4.68 Å². The highest BCUT2D eigenvalue weighted by molar-refractivity contribution is 5.94. The molecule has 8 nitrogen and oxygen atoms in total. The second-order valence-corrected chi connectivity index (χ2v) is 5.92. The molecule has 132 valence electrons. The fourth-order valence-electron chi connectivity index (χ4n) is 2.71. The van der Waals surface area contributed by atoms with E-state index in [2.05, 4.69) is 25.9 Å². The van der Waals surface area contributed by atoms with E-state index in [0.717, 1.165) is 24.2 Å². The Morgan fingerprint density at radius 1 is 1.12 bits per heavy atom. The molecule has 1 aliphatic heterocycles. The molecule has 2 aromatic heterocycles. The summed E-state index contributed by atoms with van der Waals surface area (Å²) < 4.78 is 7.02. The molecule has 1 amide bonds. The Morgan fingerprint density at radius 3 is 2.62 bits per heavy atom. The van der Waals surface area contributed by atoms with E-state index in [1.54, 1.807) is 17.1 Å². The maximum absolute atomic E-state index is 12.0. The van der Waals surface area contributed by atoms with Crippen LogP contribution in [0.1, 0.15) is 12.8 Å². The lowest BCUT2D eigenvalue weighted by molar-refractivity contribution is -0.124. The predicted octanol–water partition coefficient (Wildman–Crippen LogP) is 2.52. The average Bonchev–Trinajstić information content (AvgIpc) is 3.38. The minimum absolute atomic E-state index is 0.0942. The first-order chi connectivity index (χ1) is 12.8. The molecule has 3 aromatic rings. The van der Waals surface area contributed by atoms with Gasteiger partial charge >= 0.3 is 0 Å². The highest BCUT2D eigenvalue weighted by Gasteiger charge is 2.23. The van der Waals surface area contributed by atoms with Gasteiger partial charge in [0, 0.05) is 30.4 Å². The number of nitrogens with zero attached hydrogens (tertiary/aromatic N) is 4. The predicted molar refractivity (Wildman–Crippen MR) is 96.5 cm³/mol. The summed E-state index contributed by atoms with van der Waals surface area (Å²) in [6.07, 6.45) is 4.87. The summed E-state index contributed by atoms with van der Waals surface area (Å²) in [4.78, 5) is 12.0. The highest BCUT2D eigenvalue weighted by Crippen LogP contribution is 2.19. The quantitative estimate of drug-likeness (QED) is 0.734. The summed E-state index contributed by atoms with van der Waals surface area (Å²) in [5.41, 5.74) is 1.58. The van der Waals surface area contributed by atoms with Crippen LogP contribution in [0.5, 0.6) is 0 Å². The van der Waals surface area contributed by atoms with Crippen LogP contribution in [0.15, 0.2) is 54.9 Å². The van der Waals surface area contributed by atoms with Gasteiger partial charge in [-0.1, -0.05) is 0 Å². The lowest BCUT2D eigenvalue weighted by Gasteiger charge is -2.11. The number of carbonyl (C=O) groups is 1. The third-order valence-electron chi connectivity index (χ3n) is 4.04. The first-order valence-electron chi connectivity index (χ1n) is 8.41. The van der Waals surface area contributed by atoms with Gasteiger partial charge in [0.05, 0.1) is 0 Å². The number of hydrogen-bond donors (Lipinski definition) is 2. The molecule has 8 heteroatoms. The molecule has 1 fully saturated rings. The first-order valence-corrected chi connectivity index (χ1v) is 8.41. The van der Waals surface area contributed by atoms with Crippen molar-refractivity contribution in [3.8, 4) is 5.82 Å². The maximum atomic E-state index is 12.0. The van der Waals surface area contributed by atoms with E-state index in [0.29, 0.717) is 18.2 Å². The van der Waals surface area contributed by atoms with Gasteiger partial charge < -0.3 is 15.4 Å². The number of hydrogen-bond acceptors (Lipinski definition) is 6. The fourth-order valence-corrected chi connectivity index (χ4v) is 2.71. The number of rotatable bonds is 5. The Bertz CT molecular complexity index is 856. The van der Waals surface area contributed by atoms with Crippen molar-refractivity contribution >= 4 is 23.1 Å². The summed E-state index contributed by atoms with van der Waals surface area (Å²) in [5, 5.41) is 18.4. The minimum Gasteiger partial charge on any atom is -0.368 e. The molecule has 0 spiro atoms. The molecule has 1 aromatic carbocycles. The first kappa shape index (κ1) is 16.2. The molecule has 0 saturated carbocycles. The number of carbonyl (C=O) groups excluding carboxylic acids is 1. The number of benzene rings is 1. The van der Waals surface area contributed by atoms with Gasteiger partial charge in [-0.05, 0) is 55.3 Å². The molecular weight excluding hydrogens is 332 g/mol. The monoisotopic (exact) mass is 350 g/mol.